The van der Waals surface area contributed by atoms with Crippen LogP contribution < -0.4 is 4.74 Å². The van der Waals surface area contributed by atoms with E-state index >= 15 is 0 Å². The Kier molecular flexibility index (Phi) is 9.38. The van der Waals surface area contributed by atoms with Crippen molar-refractivity contribution in [3.63, 3.8) is 0 Å². The van der Waals surface area contributed by atoms with Crippen molar-refractivity contribution < 1.29 is 14.3 Å². The molecule has 0 N–H and O–H groups in total. The number of carbonyl (C=O) groups is 1. The van der Waals surface area contributed by atoms with Gasteiger partial charge in [-0.2, -0.15) is 5.10 Å². The van der Waals surface area contributed by atoms with Crippen LogP contribution in [0.1, 0.15) is 86.3 Å². The van der Waals surface area contributed by atoms with Gasteiger partial charge in [-0.25, -0.2) is 9.48 Å². The number of ether oxygens (including phenoxy) is 2. The lowest BCUT2D eigenvalue weighted by Crippen LogP contribution is -2.44. The first-order valence-electron chi connectivity index (χ1n) is 17.0. The molecule has 0 saturated heterocycles. The van der Waals surface area contributed by atoms with Gasteiger partial charge in [-0.1, -0.05) is 123 Å². The molecule has 1 aliphatic heterocycles. The van der Waals surface area contributed by atoms with Crippen molar-refractivity contribution in [2.75, 3.05) is 6.54 Å². The number of amides is 1. The monoisotopic (exact) mass is 675 g/mol. The largest absolute Gasteiger partial charge is 0.487 e. The second kappa shape index (κ2) is 13.4. The third kappa shape index (κ3) is 6.84. The molecule has 0 atom stereocenters. The summed E-state index contributed by atoms with van der Waals surface area (Å²) < 4.78 is 14.7. The van der Waals surface area contributed by atoms with Crippen LogP contribution in [0.25, 0.3) is 0 Å². The zero-order chi connectivity index (χ0) is 35.0. The molecular formula is C42H46ClN3O3. The summed E-state index contributed by atoms with van der Waals surface area (Å²) in [5.74, 6) is 0.796. The standard InChI is InChI=1S/C42H46ClN3O3/c1-29-25-38(34(26-35(29)43)40(2,3)4)48-28-36-33-23-24-45(39(47)49-41(5,6)7)27-37(33)46(44-36)42(30-17-11-8-12-18-30,31-19-13-9-14-20-31)32-21-15-10-16-22-32/h8-22,25-26H,23-24,27-28H2,1-7H3. The highest BCUT2D eigenvalue weighted by atomic mass is 35.5. The Morgan fingerprint density at radius 2 is 1.35 bits per heavy atom. The zero-order valence-electron chi connectivity index (χ0n) is 29.6. The second-order valence-electron chi connectivity index (χ2n) is 14.9. The van der Waals surface area contributed by atoms with E-state index in [0.717, 1.165) is 55.5 Å². The maximum Gasteiger partial charge on any atom is 0.410 e. The van der Waals surface area contributed by atoms with Crippen molar-refractivity contribution in [2.45, 2.75) is 84.6 Å². The molecule has 0 radical (unpaired) electrons. The molecule has 1 amide bonds. The van der Waals surface area contributed by atoms with Crippen LogP contribution in [-0.2, 0) is 35.3 Å². The molecular weight excluding hydrogens is 630 g/mol. The van der Waals surface area contributed by atoms with Crippen LogP contribution >= 0.6 is 11.6 Å². The lowest BCUT2D eigenvalue weighted by molar-refractivity contribution is 0.0217. The summed E-state index contributed by atoms with van der Waals surface area (Å²) in [6, 6.07) is 35.5. The van der Waals surface area contributed by atoms with Gasteiger partial charge in [0, 0.05) is 22.7 Å². The summed E-state index contributed by atoms with van der Waals surface area (Å²) in [5.41, 5.74) is 6.43. The Morgan fingerprint density at radius 3 is 1.84 bits per heavy atom. The lowest BCUT2D eigenvalue weighted by atomic mass is 9.76. The van der Waals surface area contributed by atoms with Crippen LogP contribution in [0.5, 0.6) is 5.75 Å². The number of halogens is 1. The molecule has 7 heteroatoms. The Labute approximate surface area is 295 Å². The van der Waals surface area contributed by atoms with E-state index < -0.39 is 11.1 Å². The number of carbonyl (C=O) groups excluding carboxylic acids is 1. The molecule has 6 nitrogen and oxygen atoms in total. The minimum Gasteiger partial charge on any atom is -0.487 e. The fraction of sp³-hybridized carbons (Fsp3) is 0.333. The molecule has 4 aromatic carbocycles. The third-order valence-electron chi connectivity index (χ3n) is 9.12. The maximum atomic E-state index is 13.5. The SMILES string of the molecule is Cc1cc(OCc2nn(C(c3ccccc3)(c3ccccc3)c3ccccc3)c3c2CCN(C(=O)OC(C)(C)C)C3)c(C(C)(C)C)cc1Cl. The van der Waals surface area contributed by atoms with Gasteiger partial charge in [-0.05, 0) is 73.9 Å². The number of hydrogen-bond acceptors (Lipinski definition) is 4. The third-order valence-corrected chi connectivity index (χ3v) is 9.53. The zero-order valence-corrected chi connectivity index (χ0v) is 30.3. The molecule has 0 bridgehead atoms. The fourth-order valence-corrected chi connectivity index (χ4v) is 6.94. The van der Waals surface area contributed by atoms with Crippen molar-refractivity contribution in [1.82, 2.24) is 14.7 Å². The van der Waals surface area contributed by atoms with Crippen molar-refractivity contribution in [1.29, 1.82) is 0 Å². The number of nitrogens with zero attached hydrogens (tertiary/aromatic N) is 3. The first-order chi connectivity index (χ1) is 23.3. The first kappa shape index (κ1) is 34.3. The normalized spacial score (nSPS) is 13.6. The smallest absolute Gasteiger partial charge is 0.410 e. The highest BCUT2D eigenvalue weighted by molar-refractivity contribution is 6.31. The van der Waals surface area contributed by atoms with E-state index in [0.29, 0.717) is 19.5 Å². The van der Waals surface area contributed by atoms with Crippen molar-refractivity contribution in [3.05, 3.63) is 153 Å². The molecule has 254 valence electrons. The topological polar surface area (TPSA) is 56.6 Å². The summed E-state index contributed by atoms with van der Waals surface area (Å²) in [5, 5.41) is 6.22. The number of fused-ring (bicyclic) bond motifs is 1. The predicted octanol–water partition coefficient (Wildman–Crippen LogP) is 9.85. The average Bonchev–Trinajstić information content (AvgIpc) is 3.43. The van der Waals surface area contributed by atoms with Gasteiger partial charge in [0.15, 0.2) is 0 Å². The highest BCUT2D eigenvalue weighted by Crippen LogP contribution is 2.43. The van der Waals surface area contributed by atoms with Gasteiger partial charge in [0.25, 0.3) is 0 Å². The van der Waals surface area contributed by atoms with Crippen LogP contribution in [0.2, 0.25) is 5.02 Å². The maximum absolute atomic E-state index is 13.5. The van der Waals surface area contributed by atoms with Crippen LogP contribution in [-0.4, -0.2) is 32.9 Å². The number of aryl methyl sites for hydroxylation is 1. The molecule has 49 heavy (non-hydrogen) atoms. The Balaban J connectivity index is 1.57. The Hall–Kier alpha value is -4.55. The minimum atomic E-state index is -0.851. The summed E-state index contributed by atoms with van der Waals surface area (Å²) in [7, 11) is 0. The van der Waals surface area contributed by atoms with Crippen molar-refractivity contribution in [3.8, 4) is 5.75 Å². The molecule has 0 spiro atoms. The molecule has 6 rings (SSSR count). The van der Waals surface area contributed by atoms with Gasteiger partial charge in [0.1, 0.15) is 29.2 Å². The van der Waals surface area contributed by atoms with Crippen LogP contribution in [0.4, 0.5) is 4.79 Å². The molecule has 0 aliphatic carbocycles. The molecule has 1 aromatic heterocycles. The molecule has 0 saturated carbocycles. The summed E-state index contributed by atoms with van der Waals surface area (Å²) in [6.45, 7) is 15.3. The van der Waals surface area contributed by atoms with Crippen LogP contribution in [0.3, 0.4) is 0 Å². The number of aromatic nitrogens is 2. The second-order valence-corrected chi connectivity index (χ2v) is 15.3. The van der Waals surface area contributed by atoms with E-state index in [2.05, 4.69) is 98.2 Å². The van der Waals surface area contributed by atoms with Gasteiger partial charge in [-0.15, -0.1) is 0 Å². The van der Waals surface area contributed by atoms with Crippen LogP contribution in [0, 0.1) is 6.92 Å². The Bertz CT molecular complexity index is 1830. The van der Waals surface area contributed by atoms with E-state index in [1.807, 2.05) is 58.0 Å². The van der Waals surface area contributed by atoms with Gasteiger partial charge in [-0.3, -0.25) is 0 Å². The van der Waals surface area contributed by atoms with Gasteiger partial charge < -0.3 is 14.4 Å². The van der Waals surface area contributed by atoms with E-state index in [4.69, 9.17) is 26.2 Å². The lowest BCUT2D eigenvalue weighted by Gasteiger charge is -2.39. The van der Waals surface area contributed by atoms with Gasteiger partial charge >= 0.3 is 6.09 Å². The summed E-state index contributed by atoms with van der Waals surface area (Å²) >= 11 is 6.60. The molecule has 1 aliphatic rings. The average molecular weight is 676 g/mol. The first-order valence-corrected chi connectivity index (χ1v) is 17.3. The highest BCUT2D eigenvalue weighted by Gasteiger charge is 2.43. The number of benzene rings is 4. The van der Waals surface area contributed by atoms with Crippen LogP contribution in [0.15, 0.2) is 103 Å². The van der Waals surface area contributed by atoms with E-state index in [-0.39, 0.29) is 18.1 Å². The Morgan fingerprint density at radius 1 is 0.816 bits per heavy atom. The van der Waals surface area contributed by atoms with E-state index in [1.54, 1.807) is 4.90 Å². The molecule has 2 heterocycles. The van der Waals surface area contributed by atoms with E-state index in [1.165, 1.54) is 0 Å². The van der Waals surface area contributed by atoms with Crippen molar-refractivity contribution >= 4 is 17.7 Å². The molecule has 5 aromatic rings. The quantitative estimate of drug-likeness (QED) is 0.161. The van der Waals surface area contributed by atoms with Gasteiger partial charge in [0.05, 0.1) is 12.2 Å². The molecule has 0 fully saturated rings. The fourth-order valence-electron chi connectivity index (χ4n) is 6.78. The predicted molar refractivity (Wildman–Crippen MR) is 196 cm³/mol. The van der Waals surface area contributed by atoms with E-state index in [9.17, 15) is 4.79 Å². The number of rotatable bonds is 7. The van der Waals surface area contributed by atoms with Crippen molar-refractivity contribution in [2.24, 2.45) is 0 Å². The summed E-state index contributed by atoms with van der Waals surface area (Å²) in [4.78, 5) is 15.3. The summed E-state index contributed by atoms with van der Waals surface area (Å²) in [6.07, 6.45) is 0.285. The molecule has 0 unspecified atom stereocenters. The number of hydrogen-bond donors (Lipinski definition) is 0. The minimum absolute atomic E-state index is 0.178. The van der Waals surface area contributed by atoms with Gasteiger partial charge in [0.2, 0.25) is 0 Å².